The van der Waals surface area contributed by atoms with Crippen molar-refractivity contribution >= 4 is 22.4 Å². The smallest absolute Gasteiger partial charge is 0.319 e. The van der Waals surface area contributed by atoms with Gasteiger partial charge in [-0.05, 0) is 35.6 Å². The molecule has 0 aliphatic heterocycles. The fourth-order valence-corrected chi connectivity index (χ4v) is 2.57. The third-order valence-electron chi connectivity index (χ3n) is 3.03. The summed E-state index contributed by atoms with van der Waals surface area (Å²) in [6.45, 7) is 2.46. The number of hydrogen-bond donors (Lipinski definition) is 2. The van der Waals surface area contributed by atoms with E-state index in [9.17, 15) is 4.79 Å². The van der Waals surface area contributed by atoms with Gasteiger partial charge in [-0.3, -0.25) is 5.32 Å². The molecule has 0 aliphatic rings. The molecule has 0 radical (unpaired) electrons. The van der Waals surface area contributed by atoms with Crippen LogP contribution in [0.3, 0.4) is 0 Å². The first-order valence-electron chi connectivity index (χ1n) is 6.37. The molecule has 0 bridgehead atoms. The van der Waals surface area contributed by atoms with E-state index in [1.807, 2.05) is 48.7 Å². The molecule has 0 saturated carbocycles. The molecule has 2 N–H and O–H groups in total. The summed E-state index contributed by atoms with van der Waals surface area (Å²) < 4.78 is 5.46. The maximum absolute atomic E-state index is 11.8. The molecule has 1 aromatic heterocycles. The van der Waals surface area contributed by atoms with E-state index < -0.39 is 0 Å². The number of hydrogen-bond acceptors (Lipinski definition) is 3. The van der Waals surface area contributed by atoms with Crippen molar-refractivity contribution in [2.75, 3.05) is 19.0 Å². The molecular weight excluding hydrogens is 272 g/mol. The Balaban J connectivity index is 1.91. The quantitative estimate of drug-likeness (QED) is 0.884. The van der Waals surface area contributed by atoms with Crippen LogP contribution in [0, 0.1) is 6.92 Å². The Morgan fingerprint density at radius 1 is 1.30 bits per heavy atom. The number of carbonyl (C=O) groups is 1. The van der Waals surface area contributed by atoms with Gasteiger partial charge < -0.3 is 10.1 Å². The van der Waals surface area contributed by atoms with Crippen LogP contribution in [0.1, 0.15) is 17.2 Å². The minimum atomic E-state index is -0.219. The molecule has 2 aromatic rings. The van der Waals surface area contributed by atoms with Crippen LogP contribution in [-0.4, -0.2) is 19.7 Å². The van der Waals surface area contributed by atoms with Gasteiger partial charge in [0.1, 0.15) is 0 Å². The average molecular weight is 290 g/mol. The number of anilines is 1. The number of benzene rings is 1. The normalized spacial score (nSPS) is 11.9. The van der Waals surface area contributed by atoms with Gasteiger partial charge in [0, 0.05) is 13.7 Å². The fraction of sp³-hybridized carbons (Fsp3) is 0.267. The number of urea groups is 1. The minimum Gasteiger partial charge on any atom is -0.375 e. The van der Waals surface area contributed by atoms with Crippen molar-refractivity contribution in [2.24, 2.45) is 0 Å². The van der Waals surface area contributed by atoms with Crippen LogP contribution in [0.15, 0.2) is 41.8 Å². The average Bonchev–Trinajstić information content (AvgIpc) is 2.94. The highest BCUT2D eigenvalue weighted by Crippen LogP contribution is 2.20. The van der Waals surface area contributed by atoms with Gasteiger partial charge in [0.2, 0.25) is 0 Å². The van der Waals surface area contributed by atoms with E-state index in [2.05, 4.69) is 10.6 Å². The monoisotopic (exact) mass is 290 g/mol. The van der Waals surface area contributed by atoms with Crippen LogP contribution >= 0.6 is 11.3 Å². The molecule has 5 heteroatoms. The summed E-state index contributed by atoms with van der Waals surface area (Å²) in [5.74, 6) is 0. The Labute approximate surface area is 122 Å². The van der Waals surface area contributed by atoms with Gasteiger partial charge in [0.05, 0.1) is 11.1 Å². The number of rotatable bonds is 5. The summed E-state index contributed by atoms with van der Waals surface area (Å²) in [6, 6.07) is 11.5. The predicted molar refractivity (Wildman–Crippen MR) is 82.3 cm³/mol. The number of methoxy groups -OCH3 is 1. The van der Waals surface area contributed by atoms with Crippen molar-refractivity contribution in [3.05, 3.63) is 52.9 Å². The first-order chi connectivity index (χ1) is 9.70. The van der Waals surface area contributed by atoms with Crippen LogP contribution in [0.5, 0.6) is 0 Å². The Hall–Kier alpha value is -1.85. The number of ether oxygens (including phenoxy) is 1. The van der Waals surface area contributed by atoms with Gasteiger partial charge in [-0.15, -0.1) is 11.3 Å². The van der Waals surface area contributed by atoms with Crippen molar-refractivity contribution in [1.29, 1.82) is 0 Å². The van der Waals surface area contributed by atoms with Gasteiger partial charge in [-0.2, -0.15) is 0 Å². The SMILES string of the molecule is COC(CNC(=O)Nc1cccs1)c1ccccc1C. The zero-order chi connectivity index (χ0) is 14.4. The van der Waals surface area contributed by atoms with E-state index >= 15 is 0 Å². The van der Waals surface area contributed by atoms with E-state index in [4.69, 9.17) is 4.74 Å². The molecule has 1 heterocycles. The standard InChI is InChI=1S/C15H18N2O2S/c1-11-6-3-4-7-12(11)13(19-2)10-16-15(18)17-14-8-5-9-20-14/h3-9,13H,10H2,1-2H3,(H2,16,17,18). The molecule has 20 heavy (non-hydrogen) atoms. The van der Waals surface area contributed by atoms with E-state index in [0.717, 1.165) is 16.1 Å². The second-order valence-electron chi connectivity index (χ2n) is 4.39. The van der Waals surface area contributed by atoms with E-state index in [1.165, 1.54) is 11.3 Å². The first-order valence-corrected chi connectivity index (χ1v) is 7.25. The number of nitrogens with one attached hydrogen (secondary N) is 2. The molecule has 4 nitrogen and oxygen atoms in total. The summed E-state index contributed by atoms with van der Waals surface area (Å²) in [4.78, 5) is 11.8. The largest absolute Gasteiger partial charge is 0.375 e. The van der Waals surface area contributed by atoms with Gasteiger partial charge in [0.25, 0.3) is 0 Å². The van der Waals surface area contributed by atoms with E-state index in [1.54, 1.807) is 7.11 Å². The molecule has 1 atom stereocenters. The first kappa shape index (κ1) is 14.6. The maximum atomic E-state index is 11.8. The van der Waals surface area contributed by atoms with Gasteiger partial charge in [0.15, 0.2) is 0 Å². The number of aryl methyl sites for hydroxylation is 1. The Kier molecular flexibility index (Phi) is 5.15. The summed E-state index contributed by atoms with van der Waals surface area (Å²) in [6.07, 6.45) is -0.148. The summed E-state index contributed by atoms with van der Waals surface area (Å²) >= 11 is 1.49. The Bertz CT molecular complexity index is 555. The van der Waals surface area contributed by atoms with Crippen molar-refractivity contribution in [2.45, 2.75) is 13.0 Å². The molecule has 0 spiro atoms. The Morgan fingerprint density at radius 3 is 2.75 bits per heavy atom. The van der Waals surface area contributed by atoms with Crippen LogP contribution in [-0.2, 0) is 4.74 Å². The molecule has 106 valence electrons. The van der Waals surface area contributed by atoms with Gasteiger partial charge >= 0.3 is 6.03 Å². The highest BCUT2D eigenvalue weighted by Gasteiger charge is 2.13. The van der Waals surface area contributed by atoms with E-state index in [0.29, 0.717) is 6.54 Å². The predicted octanol–water partition coefficient (Wildman–Crippen LogP) is 3.57. The molecule has 2 amide bonds. The van der Waals surface area contributed by atoms with Crippen LogP contribution < -0.4 is 10.6 Å². The molecule has 2 rings (SSSR count). The highest BCUT2D eigenvalue weighted by molar-refractivity contribution is 7.14. The fourth-order valence-electron chi connectivity index (χ4n) is 1.96. The minimum absolute atomic E-state index is 0.148. The lowest BCUT2D eigenvalue weighted by Gasteiger charge is -2.18. The number of carbonyl (C=O) groups excluding carboxylic acids is 1. The topological polar surface area (TPSA) is 50.4 Å². The zero-order valence-electron chi connectivity index (χ0n) is 11.6. The lowest BCUT2D eigenvalue weighted by atomic mass is 10.0. The molecule has 0 aliphatic carbocycles. The Morgan fingerprint density at radius 2 is 2.10 bits per heavy atom. The zero-order valence-corrected chi connectivity index (χ0v) is 12.4. The molecule has 0 saturated heterocycles. The van der Waals surface area contributed by atoms with Crippen LogP contribution in [0.2, 0.25) is 0 Å². The third-order valence-corrected chi connectivity index (χ3v) is 3.81. The second-order valence-corrected chi connectivity index (χ2v) is 5.34. The lowest BCUT2D eigenvalue weighted by molar-refractivity contribution is 0.104. The van der Waals surface area contributed by atoms with Crippen molar-refractivity contribution < 1.29 is 9.53 Å². The maximum Gasteiger partial charge on any atom is 0.319 e. The summed E-state index contributed by atoms with van der Waals surface area (Å²) in [5.41, 5.74) is 2.24. The van der Waals surface area contributed by atoms with Crippen molar-refractivity contribution in [3.63, 3.8) is 0 Å². The number of thiophene rings is 1. The highest BCUT2D eigenvalue weighted by atomic mass is 32.1. The van der Waals surface area contributed by atoms with Crippen LogP contribution in [0.25, 0.3) is 0 Å². The molecule has 1 unspecified atom stereocenters. The molecular formula is C15H18N2O2S. The molecule has 0 fully saturated rings. The van der Waals surface area contributed by atoms with Crippen LogP contribution in [0.4, 0.5) is 9.80 Å². The van der Waals surface area contributed by atoms with Gasteiger partial charge in [-0.1, -0.05) is 24.3 Å². The molecule has 1 aromatic carbocycles. The van der Waals surface area contributed by atoms with E-state index in [-0.39, 0.29) is 12.1 Å². The third kappa shape index (κ3) is 3.82. The lowest BCUT2D eigenvalue weighted by Crippen LogP contribution is -2.32. The summed E-state index contributed by atoms with van der Waals surface area (Å²) in [7, 11) is 1.65. The van der Waals surface area contributed by atoms with Crippen molar-refractivity contribution in [1.82, 2.24) is 5.32 Å². The number of amides is 2. The summed E-state index contributed by atoms with van der Waals surface area (Å²) in [5, 5.41) is 8.35. The second kappa shape index (κ2) is 7.07. The van der Waals surface area contributed by atoms with Crippen molar-refractivity contribution in [3.8, 4) is 0 Å². The van der Waals surface area contributed by atoms with Gasteiger partial charge in [-0.25, -0.2) is 4.79 Å².